The van der Waals surface area contributed by atoms with E-state index in [4.69, 9.17) is 11.6 Å². The highest BCUT2D eigenvalue weighted by Crippen LogP contribution is 2.23. The predicted octanol–water partition coefficient (Wildman–Crippen LogP) is 2.48. The van der Waals surface area contributed by atoms with Gasteiger partial charge in [0.25, 0.3) is 5.91 Å². The second-order valence-corrected chi connectivity index (χ2v) is 7.94. The molecule has 24 heavy (non-hydrogen) atoms. The van der Waals surface area contributed by atoms with Crippen LogP contribution in [0.15, 0.2) is 47.5 Å². The fraction of sp³-hybridized carbons (Fsp3) is 0.250. The zero-order chi connectivity index (χ0) is 17.9. The third kappa shape index (κ3) is 3.92. The zero-order valence-corrected chi connectivity index (χ0v) is 15.1. The van der Waals surface area contributed by atoms with Crippen LogP contribution in [0.5, 0.6) is 0 Å². The van der Waals surface area contributed by atoms with E-state index in [1.54, 1.807) is 25.3 Å². The van der Waals surface area contributed by atoms with Gasteiger partial charge < -0.3 is 5.32 Å². The first-order valence-corrected chi connectivity index (χ1v) is 8.99. The summed E-state index contributed by atoms with van der Waals surface area (Å²) < 4.78 is 25.5. The number of nitrogens with zero attached hydrogens (tertiary/aromatic N) is 2. The summed E-state index contributed by atoms with van der Waals surface area (Å²) in [6, 6.07) is 9.10. The lowest BCUT2D eigenvalue weighted by atomic mass is 10.1. The number of sulfonamides is 1. The summed E-state index contributed by atoms with van der Waals surface area (Å²) in [5, 5.41) is 2.95. The van der Waals surface area contributed by atoms with Crippen molar-refractivity contribution in [3.63, 3.8) is 0 Å². The van der Waals surface area contributed by atoms with Crippen molar-refractivity contribution in [2.75, 3.05) is 14.1 Å². The van der Waals surface area contributed by atoms with Gasteiger partial charge in [0.15, 0.2) is 0 Å². The Kier molecular flexibility index (Phi) is 5.58. The Morgan fingerprint density at radius 1 is 1.25 bits per heavy atom. The van der Waals surface area contributed by atoms with Crippen molar-refractivity contribution in [3.8, 4) is 0 Å². The molecule has 1 aromatic heterocycles. The summed E-state index contributed by atoms with van der Waals surface area (Å²) in [5.41, 5.74) is 0.793. The number of pyridine rings is 1. The van der Waals surface area contributed by atoms with Crippen molar-refractivity contribution in [2.24, 2.45) is 0 Å². The van der Waals surface area contributed by atoms with Crippen LogP contribution >= 0.6 is 11.6 Å². The van der Waals surface area contributed by atoms with E-state index in [-0.39, 0.29) is 21.5 Å². The number of carbonyl (C=O) groups is 1. The number of aromatic nitrogens is 1. The highest BCUT2D eigenvalue weighted by Gasteiger charge is 2.21. The van der Waals surface area contributed by atoms with Crippen molar-refractivity contribution >= 4 is 27.5 Å². The van der Waals surface area contributed by atoms with Crippen LogP contribution < -0.4 is 5.32 Å². The summed E-state index contributed by atoms with van der Waals surface area (Å²) in [6.45, 7) is 1.79. The molecule has 1 aromatic carbocycles. The van der Waals surface area contributed by atoms with E-state index >= 15 is 0 Å². The monoisotopic (exact) mass is 367 g/mol. The minimum absolute atomic E-state index is 0.00698. The van der Waals surface area contributed by atoms with Gasteiger partial charge in [0.1, 0.15) is 0 Å². The SMILES string of the molecule is C[C@H](NC(=O)c1cc(S(=O)(=O)N(C)C)ccc1Cl)c1ccccn1. The van der Waals surface area contributed by atoms with E-state index in [0.717, 1.165) is 4.31 Å². The lowest BCUT2D eigenvalue weighted by molar-refractivity contribution is 0.0939. The number of carbonyl (C=O) groups excluding carboxylic acids is 1. The van der Waals surface area contributed by atoms with Gasteiger partial charge in [0.05, 0.1) is 27.2 Å². The second kappa shape index (κ2) is 7.29. The van der Waals surface area contributed by atoms with E-state index in [2.05, 4.69) is 10.3 Å². The lowest BCUT2D eigenvalue weighted by Gasteiger charge is -2.16. The molecule has 0 aliphatic rings. The third-order valence-electron chi connectivity index (χ3n) is 3.44. The molecular formula is C16H18ClN3O3S. The average molecular weight is 368 g/mol. The third-order valence-corrected chi connectivity index (χ3v) is 5.58. The minimum atomic E-state index is -3.65. The van der Waals surface area contributed by atoms with Gasteiger partial charge in [-0.3, -0.25) is 9.78 Å². The molecule has 0 aliphatic carbocycles. The standard InChI is InChI=1S/C16H18ClN3O3S/c1-11(15-6-4-5-9-18-15)19-16(21)13-10-12(7-8-14(13)17)24(22,23)20(2)3/h4-11H,1-3H3,(H,19,21)/t11-/m0/s1. The van der Waals surface area contributed by atoms with Gasteiger partial charge in [-0.1, -0.05) is 17.7 Å². The van der Waals surface area contributed by atoms with Crippen molar-refractivity contribution in [1.29, 1.82) is 0 Å². The minimum Gasteiger partial charge on any atom is -0.344 e. The molecular weight excluding hydrogens is 350 g/mol. The van der Waals surface area contributed by atoms with Crippen LogP contribution in [-0.2, 0) is 10.0 Å². The molecule has 0 spiro atoms. The first kappa shape index (κ1) is 18.4. The van der Waals surface area contributed by atoms with E-state index in [1.807, 2.05) is 6.07 Å². The fourth-order valence-electron chi connectivity index (χ4n) is 2.03. The number of halogens is 1. The number of benzene rings is 1. The lowest BCUT2D eigenvalue weighted by Crippen LogP contribution is -2.28. The molecule has 0 radical (unpaired) electrons. The Bertz CT molecular complexity index is 839. The smallest absolute Gasteiger partial charge is 0.253 e. The van der Waals surface area contributed by atoms with Gasteiger partial charge in [0, 0.05) is 20.3 Å². The molecule has 0 unspecified atom stereocenters. The summed E-state index contributed by atoms with van der Waals surface area (Å²) in [4.78, 5) is 16.7. The zero-order valence-electron chi connectivity index (χ0n) is 13.5. The molecule has 6 nitrogen and oxygen atoms in total. The number of nitrogens with one attached hydrogen (secondary N) is 1. The normalized spacial score (nSPS) is 12.9. The summed E-state index contributed by atoms with van der Waals surface area (Å²) in [7, 11) is -0.801. The van der Waals surface area contributed by atoms with E-state index < -0.39 is 15.9 Å². The van der Waals surface area contributed by atoms with Crippen molar-refractivity contribution < 1.29 is 13.2 Å². The van der Waals surface area contributed by atoms with Gasteiger partial charge in [-0.25, -0.2) is 12.7 Å². The molecule has 1 atom stereocenters. The molecule has 8 heteroatoms. The number of amides is 1. The molecule has 0 saturated heterocycles. The topological polar surface area (TPSA) is 79.4 Å². The number of hydrogen-bond donors (Lipinski definition) is 1. The van der Waals surface area contributed by atoms with Gasteiger partial charge in [0.2, 0.25) is 10.0 Å². The van der Waals surface area contributed by atoms with Gasteiger partial charge >= 0.3 is 0 Å². The maximum atomic E-state index is 12.5. The molecule has 2 rings (SSSR count). The molecule has 0 bridgehead atoms. The Morgan fingerprint density at radius 3 is 2.54 bits per heavy atom. The molecule has 1 heterocycles. The Morgan fingerprint density at radius 2 is 1.96 bits per heavy atom. The molecule has 0 aliphatic heterocycles. The molecule has 128 valence electrons. The quantitative estimate of drug-likeness (QED) is 0.880. The molecule has 0 fully saturated rings. The van der Waals surface area contributed by atoms with Crippen molar-refractivity contribution in [3.05, 3.63) is 58.9 Å². The van der Waals surface area contributed by atoms with Crippen LogP contribution in [0.3, 0.4) is 0 Å². The number of hydrogen-bond acceptors (Lipinski definition) is 4. The van der Waals surface area contributed by atoms with Crippen molar-refractivity contribution in [2.45, 2.75) is 17.9 Å². The highest BCUT2D eigenvalue weighted by molar-refractivity contribution is 7.89. The van der Waals surface area contributed by atoms with Gasteiger partial charge in [-0.05, 0) is 37.3 Å². The summed E-state index contributed by atoms with van der Waals surface area (Å²) >= 11 is 6.07. The van der Waals surface area contributed by atoms with Crippen LogP contribution in [0.1, 0.15) is 29.0 Å². The molecule has 1 N–H and O–H groups in total. The molecule has 0 saturated carbocycles. The Hall–Kier alpha value is -1.96. The Balaban J connectivity index is 2.30. The number of rotatable bonds is 5. The molecule has 2 aromatic rings. The van der Waals surface area contributed by atoms with E-state index in [9.17, 15) is 13.2 Å². The fourth-order valence-corrected chi connectivity index (χ4v) is 3.16. The maximum absolute atomic E-state index is 12.5. The largest absolute Gasteiger partial charge is 0.344 e. The Labute approximate surface area is 146 Å². The summed E-state index contributed by atoms with van der Waals surface area (Å²) in [6.07, 6.45) is 1.63. The highest BCUT2D eigenvalue weighted by atomic mass is 35.5. The van der Waals surface area contributed by atoms with Crippen LogP contribution in [0.25, 0.3) is 0 Å². The van der Waals surface area contributed by atoms with Crippen LogP contribution in [-0.4, -0.2) is 37.7 Å². The van der Waals surface area contributed by atoms with Crippen LogP contribution in [0.4, 0.5) is 0 Å². The maximum Gasteiger partial charge on any atom is 0.253 e. The van der Waals surface area contributed by atoms with Crippen LogP contribution in [0, 0.1) is 0 Å². The first-order chi connectivity index (χ1) is 11.2. The van der Waals surface area contributed by atoms with Crippen LogP contribution in [0.2, 0.25) is 5.02 Å². The van der Waals surface area contributed by atoms with Gasteiger partial charge in [-0.15, -0.1) is 0 Å². The average Bonchev–Trinajstić information content (AvgIpc) is 2.55. The van der Waals surface area contributed by atoms with E-state index in [1.165, 1.54) is 32.3 Å². The van der Waals surface area contributed by atoms with Gasteiger partial charge in [-0.2, -0.15) is 0 Å². The predicted molar refractivity (Wildman–Crippen MR) is 92.4 cm³/mol. The summed E-state index contributed by atoms with van der Waals surface area (Å²) in [5.74, 6) is -0.464. The van der Waals surface area contributed by atoms with E-state index in [0.29, 0.717) is 5.69 Å². The first-order valence-electron chi connectivity index (χ1n) is 7.17. The van der Waals surface area contributed by atoms with Crippen molar-refractivity contribution in [1.82, 2.24) is 14.6 Å². The molecule has 1 amide bonds. The second-order valence-electron chi connectivity index (χ2n) is 5.38.